The number of anilines is 1. The molecule has 27 heavy (non-hydrogen) atoms. The Labute approximate surface area is 163 Å². The van der Waals surface area contributed by atoms with Crippen molar-refractivity contribution >= 4 is 50.5 Å². The number of halogens is 1. The number of ether oxygens (including phenoxy) is 1. The molecule has 1 aliphatic rings. The number of aromatic nitrogens is 2. The van der Waals surface area contributed by atoms with Crippen molar-refractivity contribution in [3.63, 3.8) is 0 Å². The molecule has 0 radical (unpaired) electrons. The first-order valence-electron chi connectivity index (χ1n) is 8.30. The molecule has 10 heteroatoms. The number of fused-ring (bicyclic) bond motifs is 1. The van der Waals surface area contributed by atoms with Crippen LogP contribution in [0, 0.1) is 0 Å². The number of esters is 1. The summed E-state index contributed by atoms with van der Waals surface area (Å²) in [6.07, 6.45) is 0.693. The zero-order valence-corrected chi connectivity index (χ0v) is 16.3. The van der Waals surface area contributed by atoms with E-state index in [0.717, 1.165) is 0 Å². The van der Waals surface area contributed by atoms with Crippen LogP contribution in [0.2, 0.25) is 0 Å². The molecule has 2 heterocycles. The number of aliphatic imine (C=N–C) groups is 1. The van der Waals surface area contributed by atoms with E-state index in [-0.39, 0.29) is 0 Å². The highest BCUT2D eigenvalue weighted by molar-refractivity contribution is 9.10. The minimum absolute atomic E-state index is 0.351. The standard InChI is InChI=1S/C17H18BrN5O4/c1-9(24)16(26)27-10(2)15(25)23(17-21-7-8-22-17)12-4-3-11-14(13(12)18)20-6-5-19-11/h3-6,9-10,24H,7-8H2,1-2H3,(H,21,22). The molecule has 1 amide bonds. The minimum atomic E-state index is -1.32. The number of hydrogen-bond acceptors (Lipinski definition) is 8. The third-order valence-corrected chi connectivity index (χ3v) is 4.65. The second-order valence-electron chi connectivity index (χ2n) is 5.88. The van der Waals surface area contributed by atoms with Crippen LogP contribution in [0.1, 0.15) is 13.8 Å². The SMILES string of the molecule is CC(O)C(=O)OC(C)C(=O)N(C1=NCCN1)c1ccc2nccnc2c1Br. The minimum Gasteiger partial charge on any atom is -0.451 e. The predicted octanol–water partition coefficient (Wildman–Crippen LogP) is 0.997. The molecule has 0 spiro atoms. The number of benzene rings is 1. The highest BCUT2D eigenvalue weighted by Gasteiger charge is 2.32. The third-order valence-electron chi connectivity index (χ3n) is 3.87. The van der Waals surface area contributed by atoms with Gasteiger partial charge in [-0.05, 0) is 41.9 Å². The lowest BCUT2D eigenvalue weighted by molar-refractivity contribution is -0.161. The Bertz CT molecular complexity index is 917. The van der Waals surface area contributed by atoms with Crippen molar-refractivity contribution in [1.29, 1.82) is 0 Å². The van der Waals surface area contributed by atoms with Gasteiger partial charge in [-0.1, -0.05) is 0 Å². The number of aliphatic hydroxyl groups excluding tert-OH is 1. The van der Waals surface area contributed by atoms with Crippen LogP contribution in [0.25, 0.3) is 11.0 Å². The summed E-state index contributed by atoms with van der Waals surface area (Å²) in [6.45, 7) is 3.83. The Morgan fingerprint density at radius 3 is 2.70 bits per heavy atom. The van der Waals surface area contributed by atoms with Crippen LogP contribution in [0.5, 0.6) is 0 Å². The summed E-state index contributed by atoms with van der Waals surface area (Å²) in [7, 11) is 0. The van der Waals surface area contributed by atoms with Crippen molar-refractivity contribution in [2.24, 2.45) is 4.99 Å². The van der Waals surface area contributed by atoms with Crippen molar-refractivity contribution < 1.29 is 19.4 Å². The van der Waals surface area contributed by atoms with E-state index in [1.165, 1.54) is 18.7 Å². The maximum Gasteiger partial charge on any atom is 0.335 e. The Morgan fingerprint density at radius 1 is 1.30 bits per heavy atom. The zero-order chi connectivity index (χ0) is 19.6. The van der Waals surface area contributed by atoms with Gasteiger partial charge in [0.05, 0.1) is 22.2 Å². The van der Waals surface area contributed by atoms with Gasteiger partial charge in [-0.3, -0.25) is 19.8 Å². The van der Waals surface area contributed by atoms with Gasteiger partial charge in [0.15, 0.2) is 6.10 Å². The number of amides is 1. The summed E-state index contributed by atoms with van der Waals surface area (Å²) in [4.78, 5) is 38.9. The largest absolute Gasteiger partial charge is 0.451 e. The number of aliphatic hydroxyl groups is 1. The molecule has 1 aliphatic heterocycles. The molecular weight excluding hydrogens is 418 g/mol. The van der Waals surface area contributed by atoms with Gasteiger partial charge in [0, 0.05) is 18.9 Å². The zero-order valence-electron chi connectivity index (χ0n) is 14.7. The molecule has 2 unspecified atom stereocenters. The van der Waals surface area contributed by atoms with Gasteiger partial charge in [0.1, 0.15) is 11.6 Å². The number of nitrogens with one attached hydrogen (secondary N) is 1. The number of hydrogen-bond donors (Lipinski definition) is 2. The lowest BCUT2D eigenvalue weighted by atomic mass is 10.2. The normalized spacial score (nSPS) is 15.6. The van der Waals surface area contributed by atoms with Gasteiger partial charge >= 0.3 is 5.97 Å². The van der Waals surface area contributed by atoms with Gasteiger partial charge in [-0.15, -0.1) is 0 Å². The summed E-state index contributed by atoms with van der Waals surface area (Å²) in [5.41, 5.74) is 1.73. The fourth-order valence-corrected chi connectivity index (χ4v) is 3.16. The van der Waals surface area contributed by atoms with Crippen LogP contribution in [0.3, 0.4) is 0 Å². The fourth-order valence-electron chi connectivity index (χ4n) is 2.54. The summed E-state index contributed by atoms with van der Waals surface area (Å²) >= 11 is 3.49. The number of rotatable bonds is 4. The maximum absolute atomic E-state index is 13.1. The number of guanidine groups is 1. The molecule has 2 N–H and O–H groups in total. The van der Waals surface area contributed by atoms with E-state index < -0.39 is 24.1 Å². The van der Waals surface area contributed by atoms with E-state index in [4.69, 9.17) is 4.74 Å². The van der Waals surface area contributed by atoms with E-state index in [1.807, 2.05) is 0 Å². The first-order chi connectivity index (χ1) is 12.9. The maximum atomic E-state index is 13.1. The summed E-state index contributed by atoms with van der Waals surface area (Å²) < 4.78 is 5.62. The monoisotopic (exact) mass is 435 g/mol. The van der Waals surface area contributed by atoms with Gasteiger partial charge in [0.2, 0.25) is 5.96 Å². The molecule has 0 saturated carbocycles. The molecule has 2 atom stereocenters. The van der Waals surface area contributed by atoms with E-state index in [2.05, 4.69) is 36.2 Å². The summed E-state index contributed by atoms with van der Waals surface area (Å²) in [5, 5.41) is 12.4. The van der Waals surface area contributed by atoms with Gasteiger partial charge in [-0.25, -0.2) is 9.69 Å². The van der Waals surface area contributed by atoms with E-state index in [9.17, 15) is 14.7 Å². The van der Waals surface area contributed by atoms with Gasteiger partial charge in [0.25, 0.3) is 5.91 Å². The van der Waals surface area contributed by atoms with Crippen LogP contribution >= 0.6 is 15.9 Å². The van der Waals surface area contributed by atoms with E-state index in [0.29, 0.717) is 40.2 Å². The second-order valence-corrected chi connectivity index (χ2v) is 6.68. The highest BCUT2D eigenvalue weighted by atomic mass is 79.9. The van der Waals surface area contributed by atoms with Crippen molar-refractivity contribution in [2.45, 2.75) is 26.1 Å². The molecule has 0 saturated heterocycles. The Kier molecular flexibility index (Phi) is 5.66. The fraction of sp³-hybridized carbons (Fsp3) is 0.353. The van der Waals surface area contributed by atoms with Crippen LogP contribution in [0.4, 0.5) is 5.69 Å². The Hall–Kier alpha value is -2.59. The van der Waals surface area contributed by atoms with Crippen LogP contribution in [0.15, 0.2) is 34.0 Å². The predicted molar refractivity (Wildman–Crippen MR) is 102 cm³/mol. The van der Waals surface area contributed by atoms with Crippen molar-refractivity contribution in [1.82, 2.24) is 15.3 Å². The molecule has 0 bridgehead atoms. The molecule has 142 valence electrons. The molecule has 0 fully saturated rings. The lowest BCUT2D eigenvalue weighted by Gasteiger charge is -2.26. The summed E-state index contributed by atoms with van der Waals surface area (Å²) in [5.74, 6) is -1.04. The van der Waals surface area contributed by atoms with Crippen molar-refractivity contribution in [3.05, 3.63) is 29.0 Å². The number of carbonyl (C=O) groups is 2. The van der Waals surface area contributed by atoms with E-state index >= 15 is 0 Å². The number of nitrogens with zero attached hydrogens (tertiary/aromatic N) is 4. The average Bonchev–Trinajstić information content (AvgIpc) is 3.18. The number of carbonyl (C=O) groups excluding carboxylic acids is 2. The van der Waals surface area contributed by atoms with Gasteiger partial charge in [-0.2, -0.15) is 0 Å². The summed E-state index contributed by atoms with van der Waals surface area (Å²) in [6, 6.07) is 3.45. The Morgan fingerprint density at radius 2 is 2.04 bits per heavy atom. The Balaban J connectivity index is 2.01. The third kappa shape index (κ3) is 3.91. The molecule has 1 aromatic carbocycles. The first-order valence-corrected chi connectivity index (χ1v) is 9.09. The molecule has 9 nitrogen and oxygen atoms in total. The van der Waals surface area contributed by atoms with Gasteiger partial charge < -0.3 is 15.2 Å². The second kappa shape index (κ2) is 7.97. The van der Waals surface area contributed by atoms with Crippen molar-refractivity contribution in [2.75, 3.05) is 18.0 Å². The smallest absolute Gasteiger partial charge is 0.335 e. The van der Waals surface area contributed by atoms with Crippen LogP contribution < -0.4 is 10.2 Å². The molecule has 2 aromatic rings. The molecular formula is C17H18BrN5O4. The highest BCUT2D eigenvalue weighted by Crippen LogP contribution is 2.33. The molecule has 1 aromatic heterocycles. The quantitative estimate of drug-likeness (QED) is 0.687. The first kappa shape index (κ1) is 19.2. The average molecular weight is 436 g/mol. The van der Waals surface area contributed by atoms with E-state index in [1.54, 1.807) is 24.5 Å². The van der Waals surface area contributed by atoms with Crippen LogP contribution in [-0.2, 0) is 14.3 Å². The topological polar surface area (TPSA) is 117 Å². The molecule has 3 rings (SSSR count). The molecule has 0 aliphatic carbocycles. The van der Waals surface area contributed by atoms with Crippen molar-refractivity contribution in [3.8, 4) is 0 Å². The lowest BCUT2D eigenvalue weighted by Crippen LogP contribution is -2.48. The van der Waals surface area contributed by atoms with Crippen LogP contribution in [-0.4, -0.2) is 58.2 Å².